The fourth-order valence-electron chi connectivity index (χ4n) is 3.50. The standard InChI is InChI=1S/C25H28N2O/c1-4-26(5-2)25(28)22-16-10-12-18-24(22)27(19-21-14-7-6-8-15-21)23-17-11-9-13-20(23)3/h6-18H,4-5,19H2,1-3H3. The van der Waals surface area contributed by atoms with Crippen molar-refractivity contribution in [2.75, 3.05) is 18.0 Å². The number of carbonyl (C=O) groups is 1. The van der Waals surface area contributed by atoms with Crippen molar-refractivity contribution in [1.29, 1.82) is 0 Å². The average molecular weight is 373 g/mol. The number of anilines is 2. The molecule has 0 atom stereocenters. The largest absolute Gasteiger partial charge is 0.339 e. The van der Waals surface area contributed by atoms with Crippen molar-refractivity contribution in [2.45, 2.75) is 27.3 Å². The highest BCUT2D eigenvalue weighted by molar-refractivity contribution is 6.00. The van der Waals surface area contributed by atoms with E-state index in [1.165, 1.54) is 11.1 Å². The Balaban J connectivity index is 2.11. The van der Waals surface area contributed by atoms with Gasteiger partial charge in [0.15, 0.2) is 0 Å². The molecule has 3 aromatic carbocycles. The summed E-state index contributed by atoms with van der Waals surface area (Å²) in [5.41, 5.74) is 5.19. The minimum Gasteiger partial charge on any atom is -0.339 e. The van der Waals surface area contributed by atoms with Crippen LogP contribution in [0.2, 0.25) is 0 Å². The second-order valence-corrected chi connectivity index (χ2v) is 6.85. The Morgan fingerprint density at radius 1 is 0.750 bits per heavy atom. The molecule has 0 heterocycles. The van der Waals surface area contributed by atoms with Gasteiger partial charge in [0.1, 0.15) is 0 Å². The first-order chi connectivity index (χ1) is 13.7. The van der Waals surface area contributed by atoms with Crippen molar-refractivity contribution < 1.29 is 4.79 Å². The summed E-state index contributed by atoms with van der Waals surface area (Å²) >= 11 is 0. The molecule has 0 unspecified atom stereocenters. The fraction of sp³-hybridized carbons (Fsp3) is 0.240. The molecule has 3 nitrogen and oxygen atoms in total. The highest BCUT2D eigenvalue weighted by Crippen LogP contribution is 2.33. The van der Waals surface area contributed by atoms with E-state index < -0.39 is 0 Å². The maximum atomic E-state index is 13.2. The molecule has 3 rings (SSSR count). The van der Waals surface area contributed by atoms with Crippen LogP contribution in [0.3, 0.4) is 0 Å². The van der Waals surface area contributed by atoms with Crippen LogP contribution in [0.15, 0.2) is 78.9 Å². The van der Waals surface area contributed by atoms with E-state index >= 15 is 0 Å². The van der Waals surface area contributed by atoms with E-state index in [9.17, 15) is 4.79 Å². The van der Waals surface area contributed by atoms with Crippen LogP contribution in [-0.4, -0.2) is 23.9 Å². The van der Waals surface area contributed by atoms with Gasteiger partial charge in [0, 0.05) is 25.3 Å². The summed E-state index contributed by atoms with van der Waals surface area (Å²) < 4.78 is 0. The summed E-state index contributed by atoms with van der Waals surface area (Å²) in [5.74, 6) is 0.0762. The van der Waals surface area contributed by atoms with Crippen LogP contribution >= 0.6 is 0 Å². The third-order valence-electron chi connectivity index (χ3n) is 5.07. The van der Waals surface area contributed by atoms with Crippen molar-refractivity contribution in [2.24, 2.45) is 0 Å². The molecule has 0 saturated carbocycles. The molecular weight excluding hydrogens is 344 g/mol. The Hall–Kier alpha value is -3.07. The van der Waals surface area contributed by atoms with Gasteiger partial charge in [0.2, 0.25) is 0 Å². The maximum Gasteiger partial charge on any atom is 0.255 e. The number of carbonyl (C=O) groups excluding carboxylic acids is 1. The predicted octanol–water partition coefficient (Wildman–Crippen LogP) is 5.82. The molecular formula is C25H28N2O. The van der Waals surface area contributed by atoms with Crippen LogP contribution < -0.4 is 4.90 Å². The monoisotopic (exact) mass is 372 g/mol. The summed E-state index contributed by atoms with van der Waals surface area (Å²) in [4.78, 5) is 17.3. The first-order valence-corrected chi connectivity index (χ1v) is 9.91. The lowest BCUT2D eigenvalue weighted by Gasteiger charge is -2.30. The highest BCUT2D eigenvalue weighted by atomic mass is 16.2. The van der Waals surface area contributed by atoms with Gasteiger partial charge < -0.3 is 9.80 Å². The third kappa shape index (κ3) is 4.25. The SMILES string of the molecule is CCN(CC)C(=O)c1ccccc1N(Cc1ccccc1)c1ccccc1C. The summed E-state index contributed by atoms with van der Waals surface area (Å²) in [6.07, 6.45) is 0. The van der Waals surface area contributed by atoms with Crippen molar-refractivity contribution in [3.8, 4) is 0 Å². The van der Waals surface area contributed by atoms with Gasteiger partial charge in [-0.15, -0.1) is 0 Å². The first kappa shape index (κ1) is 19.7. The summed E-state index contributed by atoms with van der Waals surface area (Å²) in [6.45, 7) is 8.26. The van der Waals surface area contributed by atoms with Crippen LogP contribution in [0, 0.1) is 6.92 Å². The van der Waals surface area contributed by atoms with Crippen LogP contribution in [0.5, 0.6) is 0 Å². The van der Waals surface area contributed by atoms with E-state index in [-0.39, 0.29) is 5.91 Å². The molecule has 28 heavy (non-hydrogen) atoms. The number of rotatable bonds is 7. The molecule has 1 amide bonds. The van der Waals surface area contributed by atoms with Crippen LogP contribution in [0.25, 0.3) is 0 Å². The first-order valence-electron chi connectivity index (χ1n) is 9.91. The molecule has 0 radical (unpaired) electrons. The Labute approximate surface area is 168 Å². The zero-order chi connectivity index (χ0) is 19.9. The molecule has 144 valence electrons. The van der Waals surface area contributed by atoms with E-state index in [4.69, 9.17) is 0 Å². The smallest absolute Gasteiger partial charge is 0.255 e. The topological polar surface area (TPSA) is 23.6 Å². The second-order valence-electron chi connectivity index (χ2n) is 6.85. The molecule has 0 aliphatic heterocycles. The summed E-state index contributed by atoms with van der Waals surface area (Å²) in [5, 5.41) is 0. The lowest BCUT2D eigenvalue weighted by molar-refractivity contribution is 0.0773. The average Bonchev–Trinajstić information content (AvgIpc) is 2.74. The van der Waals surface area contributed by atoms with Gasteiger partial charge in [-0.25, -0.2) is 0 Å². The Morgan fingerprint density at radius 3 is 1.96 bits per heavy atom. The fourth-order valence-corrected chi connectivity index (χ4v) is 3.50. The number of hydrogen-bond donors (Lipinski definition) is 0. The molecule has 0 bridgehead atoms. The Bertz CT molecular complexity index is 917. The zero-order valence-electron chi connectivity index (χ0n) is 16.9. The van der Waals surface area contributed by atoms with E-state index in [0.29, 0.717) is 19.6 Å². The maximum absolute atomic E-state index is 13.2. The van der Waals surface area contributed by atoms with Crippen LogP contribution in [-0.2, 0) is 6.54 Å². The zero-order valence-corrected chi connectivity index (χ0v) is 16.9. The number of para-hydroxylation sites is 2. The van der Waals surface area contributed by atoms with Crippen molar-refractivity contribution in [1.82, 2.24) is 4.90 Å². The second kappa shape index (κ2) is 9.23. The van der Waals surface area contributed by atoms with E-state index in [1.807, 2.05) is 55.1 Å². The number of hydrogen-bond acceptors (Lipinski definition) is 2. The quantitative estimate of drug-likeness (QED) is 0.522. The predicted molar refractivity (Wildman–Crippen MR) is 117 cm³/mol. The van der Waals surface area contributed by atoms with Gasteiger partial charge in [-0.1, -0.05) is 60.7 Å². The molecule has 0 aliphatic carbocycles. The van der Waals surface area contributed by atoms with Gasteiger partial charge in [-0.05, 0) is 50.1 Å². The molecule has 3 heteroatoms. The van der Waals surface area contributed by atoms with E-state index in [0.717, 1.165) is 16.9 Å². The molecule has 0 fully saturated rings. The normalized spacial score (nSPS) is 10.5. The number of nitrogens with zero attached hydrogens (tertiary/aromatic N) is 2. The molecule has 0 aliphatic rings. The van der Waals surface area contributed by atoms with Gasteiger partial charge in [0.25, 0.3) is 5.91 Å². The van der Waals surface area contributed by atoms with Gasteiger partial charge in [-0.3, -0.25) is 4.79 Å². The van der Waals surface area contributed by atoms with Crippen LogP contribution in [0.1, 0.15) is 35.3 Å². The number of amides is 1. The molecule has 0 aromatic heterocycles. The minimum absolute atomic E-state index is 0.0762. The third-order valence-corrected chi connectivity index (χ3v) is 5.07. The van der Waals surface area contributed by atoms with E-state index in [1.54, 1.807) is 0 Å². The van der Waals surface area contributed by atoms with Crippen molar-refractivity contribution in [3.63, 3.8) is 0 Å². The van der Waals surface area contributed by atoms with E-state index in [2.05, 4.69) is 54.3 Å². The summed E-state index contributed by atoms with van der Waals surface area (Å²) in [7, 11) is 0. The molecule has 0 N–H and O–H groups in total. The lowest BCUT2D eigenvalue weighted by atomic mass is 10.1. The molecule has 0 saturated heterocycles. The summed E-state index contributed by atoms with van der Waals surface area (Å²) in [6, 6.07) is 26.7. The Kier molecular flexibility index (Phi) is 6.49. The molecule has 0 spiro atoms. The van der Waals surface area contributed by atoms with Gasteiger partial charge >= 0.3 is 0 Å². The van der Waals surface area contributed by atoms with Crippen LogP contribution in [0.4, 0.5) is 11.4 Å². The molecule has 3 aromatic rings. The van der Waals surface area contributed by atoms with Gasteiger partial charge in [-0.2, -0.15) is 0 Å². The van der Waals surface area contributed by atoms with Gasteiger partial charge in [0.05, 0.1) is 11.3 Å². The minimum atomic E-state index is 0.0762. The number of benzene rings is 3. The Morgan fingerprint density at radius 2 is 1.32 bits per heavy atom. The highest BCUT2D eigenvalue weighted by Gasteiger charge is 2.21. The lowest BCUT2D eigenvalue weighted by Crippen LogP contribution is -2.32. The van der Waals surface area contributed by atoms with Crippen molar-refractivity contribution in [3.05, 3.63) is 95.6 Å². The number of aryl methyl sites for hydroxylation is 1. The van der Waals surface area contributed by atoms with Crippen molar-refractivity contribution >= 4 is 17.3 Å².